The van der Waals surface area contributed by atoms with Crippen LogP contribution < -0.4 is 10.6 Å². The van der Waals surface area contributed by atoms with E-state index in [-0.39, 0.29) is 6.03 Å². The first kappa shape index (κ1) is 13.4. The lowest BCUT2D eigenvalue weighted by molar-refractivity contribution is 0.262. The summed E-state index contributed by atoms with van der Waals surface area (Å²) in [4.78, 5) is 11.8. The number of H-pyrrole nitrogens is 1. The first-order valence-corrected chi connectivity index (χ1v) is 6.32. The molecule has 0 spiro atoms. The molecule has 0 aliphatic heterocycles. The second-order valence-corrected chi connectivity index (χ2v) is 4.83. The van der Waals surface area contributed by atoms with Gasteiger partial charge >= 0.3 is 6.03 Å². The minimum atomic E-state index is -0.380. The van der Waals surface area contributed by atoms with Gasteiger partial charge in [-0.25, -0.2) is 4.79 Å². The third kappa shape index (κ3) is 3.48. The number of carbonyl (C=O) groups is 1. The van der Waals surface area contributed by atoms with Crippen LogP contribution in [0.4, 0.5) is 16.3 Å². The van der Waals surface area contributed by atoms with Gasteiger partial charge in [-0.05, 0) is 18.1 Å². The molecule has 19 heavy (non-hydrogen) atoms. The van der Waals surface area contributed by atoms with E-state index in [1.54, 1.807) is 30.3 Å². The van der Waals surface area contributed by atoms with Gasteiger partial charge < -0.3 is 5.32 Å². The van der Waals surface area contributed by atoms with Crippen LogP contribution in [0.2, 0.25) is 5.02 Å². The Morgan fingerprint density at radius 2 is 2.05 bits per heavy atom. The smallest absolute Gasteiger partial charge is 0.306 e. The number of urea groups is 1. The maximum absolute atomic E-state index is 11.8. The molecular weight excluding hydrogens is 264 g/mol. The van der Waals surface area contributed by atoms with Gasteiger partial charge in [-0.3, -0.25) is 10.4 Å². The normalized spacial score (nSPS) is 10.5. The monoisotopic (exact) mass is 278 g/mol. The number of amides is 2. The van der Waals surface area contributed by atoms with Crippen molar-refractivity contribution < 1.29 is 4.79 Å². The fourth-order valence-electron chi connectivity index (χ4n) is 1.53. The minimum Gasteiger partial charge on any atom is -0.306 e. The SMILES string of the molecule is CC(C)c1cc(NC(=O)Nc2ccccc2Cl)n[nH]1. The van der Waals surface area contributed by atoms with E-state index in [1.807, 2.05) is 13.8 Å². The Labute approximate surface area is 116 Å². The predicted molar refractivity (Wildman–Crippen MR) is 76.8 cm³/mol. The molecular formula is C13H15ClN4O. The highest BCUT2D eigenvalue weighted by atomic mass is 35.5. The molecule has 5 nitrogen and oxygen atoms in total. The molecule has 1 aromatic heterocycles. The van der Waals surface area contributed by atoms with E-state index in [1.165, 1.54) is 0 Å². The van der Waals surface area contributed by atoms with Crippen LogP contribution in [-0.2, 0) is 0 Å². The van der Waals surface area contributed by atoms with Crippen LogP contribution >= 0.6 is 11.6 Å². The molecule has 0 fully saturated rings. The highest BCUT2D eigenvalue weighted by Gasteiger charge is 2.09. The molecule has 2 rings (SSSR count). The molecule has 0 atom stereocenters. The molecule has 0 saturated carbocycles. The van der Waals surface area contributed by atoms with E-state index in [0.29, 0.717) is 22.4 Å². The lowest BCUT2D eigenvalue weighted by Gasteiger charge is -2.06. The number of nitrogens with one attached hydrogen (secondary N) is 3. The molecule has 3 N–H and O–H groups in total. The standard InChI is InChI=1S/C13H15ClN4O/c1-8(2)11-7-12(18-17-11)16-13(19)15-10-6-4-3-5-9(10)14/h3-8H,1-2H3,(H3,15,16,17,18,19). The second-order valence-electron chi connectivity index (χ2n) is 4.42. The Kier molecular flexibility index (Phi) is 4.06. The van der Waals surface area contributed by atoms with Gasteiger partial charge in [0.1, 0.15) is 0 Å². The van der Waals surface area contributed by atoms with Crippen molar-refractivity contribution in [3.05, 3.63) is 41.0 Å². The van der Waals surface area contributed by atoms with Crippen LogP contribution in [0.15, 0.2) is 30.3 Å². The number of carbonyl (C=O) groups excluding carboxylic acids is 1. The quantitative estimate of drug-likeness (QED) is 0.798. The molecule has 1 heterocycles. The number of anilines is 2. The summed E-state index contributed by atoms with van der Waals surface area (Å²) in [5.74, 6) is 0.808. The highest BCUT2D eigenvalue weighted by molar-refractivity contribution is 6.33. The zero-order chi connectivity index (χ0) is 13.8. The van der Waals surface area contributed by atoms with Gasteiger partial charge in [0.15, 0.2) is 5.82 Å². The van der Waals surface area contributed by atoms with E-state index >= 15 is 0 Å². The Balaban J connectivity index is 1.99. The molecule has 0 aliphatic rings. The highest BCUT2D eigenvalue weighted by Crippen LogP contribution is 2.21. The van der Waals surface area contributed by atoms with Gasteiger partial charge in [0, 0.05) is 11.8 Å². The van der Waals surface area contributed by atoms with Crippen molar-refractivity contribution in [3.8, 4) is 0 Å². The third-order valence-electron chi connectivity index (χ3n) is 2.58. The molecule has 1 aromatic carbocycles. The van der Waals surface area contributed by atoms with Gasteiger partial charge in [0.25, 0.3) is 0 Å². The Morgan fingerprint density at radius 3 is 2.68 bits per heavy atom. The summed E-state index contributed by atoms with van der Waals surface area (Å²) in [5, 5.41) is 12.7. The Hall–Kier alpha value is -2.01. The second kappa shape index (κ2) is 5.75. The number of aromatic nitrogens is 2. The van der Waals surface area contributed by atoms with Gasteiger partial charge in [-0.15, -0.1) is 0 Å². The van der Waals surface area contributed by atoms with Crippen LogP contribution in [0.25, 0.3) is 0 Å². The number of hydrogen-bond donors (Lipinski definition) is 3. The van der Waals surface area contributed by atoms with Crippen LogP contribution in [0.3, 0.4) is 0 Å². The number of rotatable bonds is 3. The van der Waals surface area contributed by atoms with Crippen molar-refractivity contribution in [2.24, 2.45) is 0 Å². The van der Waals surface area contributed by atoms with Gasteiger partial charge in [0.05, 0.1) is 10.7 Å². The van der Waals surface area contributed by atoms with Crippen LogP contribution in [-0.4, -0.2) is 16.2 Å². The number of nitrogens with zero attached hydrogens (tertiary/aromatic N) is 1. The zero-order valence-corrected chi connectivity index (χ0v) is 11.5. The lowest BCUT2D eigenvalue weighted by atomic mass is 10.1. The topological polar surface area (TPSA) is 69.8 Å². The molecule has 2 aromatic rings. The van der Waals surface area contributed by atoms with E-state index < -0.39 is 0 Å². The molecule has 6 heteroatoms. The summed E-state index contributed by atoms with van der Waals surface area (Å²) in [6.45, 7) is 4.09. The van der Waals surface area contributed by atoms with E-state index in [0.717, 1.165) is 5.69 Å². The molecule has 100 valence electrons. The summed E-state index contributed by atoms with van der Waals surface area (Å²) >= 11 is 5.95. The summed E-state index contributed by atoms with van der Waals surface area (Å²) < 4.78 is 0. The first-order valence-electron chi connectivity index (χ1n) is 5.94. The van der Waals surface area contributed by atoms with Crippen molar-refractivity contribution in [3.63, 3.8) is 0 Å². The Morgan fingerprint density at radius 1 is 1.32 bits per heavy atom. The van der Waals surface area contributed by atoms with Gasteiger partial charge in [-0.2, -0.15) is 5.10 Å². The van der Waals surface area contributed by atoms with Crippen molar-refractivity contribution >= 4 is 29.1 Å². The maximum atomic E-state index is 11.8. The fourth-order valence-corrected chi connectivity index (χ4v) is 1.71. The molecule has 0 saturated heterocycles. The van der Waals surface area contributed by atoms with Gasteiger partial charge in [-0.1, -0.05) is 37.6 Å². The number of halogens is 1. The first-order chi connectivity index (χ1) is 9.06. The average Bonchev–Trinajstić information content (AvgIpc) is 2.80. The number of hydrogen-bond acceptors (Lipinski definition) is 2. The third-order valence-corrected chi connectivity index (χ3v) is 2.91. The van der Waals surface area contributed by atoms with Crippen LogP contribution in [0.1, 0.15) is 25.5 Å². The van der Waals surface area contributed by atoms with E-state index in [2.05, 4.69) is 20.8 Å². The number of aromatic amines is 1. The molecule has 2 amide bonds. The summed E-state index contributed by atoms with van der Waals surface area (Å²) in [6.07, 6.45) is 0. The van der Waals surface area contributed by atoms with Crippen molar-refractivity contribution in [1.29, 1.82) is 0 Å². The predicted octanol–water partition coefficient (Wildman–Crippen LogP) is 3.83. The molecule has 0 unspecified atom stereocenters. The largest absolute Gasteiger partial charge is 0.324 e. The fraction of sp³-hybridized carbons (Fsp3) is 0.231. The minimum absolute atomic E-state index is 0.328. The maximum Gasteiger partial charge on any atom is 0.324 e. The summed E-state index contributed by atoms with van der Waals surface area (Å²) in [6, 6.07) is 8.46. The van der Waals surface area contributed by atoms with E-state index in [9.17, 15) is 4.79 Å². The summed E-state index contributed by atoms with van der Waals surface area (Å²) in [5.41, 5.74) is 1.52. The summed E-state index contributed by atoms with van der Waals surface area (Å²) in [7, 11) is 0. The van der Waals surface area contributed by atoms with Crippen molar-refractivity contribution in [2.45, 2.75) is 19.8 Å². The number of benzene rings is 1. The molecule has 0 aliphatic carbocycles. The average molecular weight is 279 g/mol. The van der Waals surface area contributed by atoms with E-state index in [4.69, 9.17) is 11.6 Å². The molecule has 0 bridgehead atoms. The van der Waals surface area contributed by atoms with Gasteiger partial charge in [0.2, 0.25) is 0 Å². The Bertz CT molecular complexity index is 580. The lowest BCUT2D eigenvalue weighted by Crippen LogP contribution is -2.19. The zero-order valence-electron chi connectivity index (χ0n) is 10.7. The molecule has 0 radical (unpaired) electrons. The number of para-hydroxylation sites is 1. The van der Waals surface area contributed by atoms with Crippen LogP contribution in [0.5, 0.6) is 0 Å². The van der Waals surface area contributed by atoms with Crippen molar-refractivity contribution in [2.75, 3.05) is 10.6 Å². The van der Waals surface area contributed by atoms with Crippen LogP contribution in [0, 0.1) is 0 Å². The van der Waals surface area contributed by atoms with Crippen molar-refractivity contribution in [1.82, 2.24) is 10.2 Å².